The Kier molecular flexibility index (Phi) is 6.52. The zero-order chi connectivity index (χ0) is 16.0. The maximum absolute atomic E-state index is 12.3. The first-order valence-corrected chi connectivity index (χ1v) is 8.69. The third-order valence-corrected chi connectivity index (χ3v) is 5.75. The molecule has 1 heterocycles. The first kappa shape index (κ1) is 17.8. The average molecular weight is 337 g/mol. The first-order chi connectivity index (χ1) is 9.85. The van der Waals surface area contributed by atoms with Crippen molar-refractivity contribution in [3.63, 3.8) is 0 Å². The summed E-state index contributed by atoms with van der Waals surface area (Å²) in [4.78, 5) is 10.4. The van der Waals surface area contributed by atoms with Gasteiger partial charge in [0, 0.05) is 25.8 Å². The maximum Gasteiger partial charge on any atom is 0.304 e. The van der Waals surface area contributed by atoms with E-state index < -0.39 is 14.9 Å². The molecule has 0 fully saturated rings. The number of nitro groups is 1. The van der Waals surface area contributed by atoms with E-state index in [4.69, 9.17) is 4.74 Å². The lowest BCUT2D eigenvalue weighted by molar-refractivity contribution is -0.383. The molecule has 1 atom stereocenters. The summed E-state index contributed by atoms with van der Waals surface area (Å²) >= 11 is 0.846. The van der Waals surface area contributed by atoms with Crippen LogP contribution < -0.4 is 10.0 Å². The van der Waals surface area contributed by atoms with Crippen LogP contribution in [-0.4, -0.2) is 39.6 Å². The normalized spacial score (nSPS) is 13.1. The molecule has 0 bridgehead atoms. The Morgan fingerprint density at radius 3 is 2.62 bits per heavy atom. The first-order valence-electron chi connectivity index (χ1n) is 6.39. The zero-order valence-electron chi connectivity index (χ0n) is 12.1. The van der Waals surface area contributed by atoms with Crippen LogP contribution in [0, 0.1) is 10.1 Å². The molecule has 1 unspecified atom stereocenters. The lowest BCUT2D eigenvalue weighted by Gasteiger charge is -2.14. The molecule has 0 aliphatic heterocycles. The Morgan fingerprint density at radius 1 is 1.48 bits per heavy atom. The van der Waals surface area contributed by atoms with Gasteiger partial charge in [0.2, 0.25) is 0 Å². The predicted octanol–water partition coefficient (Wildman–Crippen LogP) is 1.79. The fraction of sp³-hybridized carbons (Fsp3) is 0.636. The van der Waals surface area contributed by atoms with Crippen molar-refractivity contribution in [2.45, 2.75) is 30.5 Å². The van der Waals surface area contributed by atoms with Gasteiger partial charge in [0.15, 0.2) is 5.00 Å². The fourth-order valence-corrected chi connectivity index (χ4v) is 4.34. The Balaban J connectivity index is 3.08. The van der Waals surface area contributed by atoms with Crippen LogP contribution in [0.2, 0.25) is 0 Å². The molecule has 1 rings (SSSR count). The molecule has 0 aliphatic carbocycles. The van der Waals surface area contributed by atoms with Crippen LogP contribution in [0.15, 0.2) is 10.3 Å². The average Bonchev–Trinajstić information content (AvgIpc) is 2.83. The number of nitrogens with one attached hydrogen (secondary N) is 2. The molecule has 0 amide bonds. The van der Waals surface area contributed by atoms with Gasteiger partial charge in [-0.3, -0.25) is 10.1 Å². The molecule has 0 saturated heterocycles. The molecule has 8 nitrogen and oxygen atoms in total. The van der Waals surface area contributed by atoms with Gasteiger partial charge in [-0.2, -0.15) is 0 Å². The standard InChI is InChI=1S/C11H19N3O5S2/c1-4-8(7-19-3)13-21(17,18)10-6-9(14(15)16)11(20-10)12-5-2/h6,8,12-13H,4-5,7H2,1-3H3. The molecule has 0 aliphatic rings. The fourth-order valence-electron chi connectivity index (χ4n) is 1.63. The summed E-state index contributed by atoms with van der Waals surface area (Å²) in [7, 11) is -2.32. The summed E-state index contributed by atoms with van der Waals surface area (Å²) in [5, 5.41) is 14.0. The Bertz CT molecular complexity index is 585. The number of anilines is 1. The highest BCUT2D eigenvalue weighted by Crippen LogP contribution is 2.36. The monoisotopic (exact) mass is 337 g/mol. The van der Waals surface area contributed by atoms with E-state index in [0.717, 1.165) is 17.4 Å². The van der Waals surface area contributed by atoms with Gasteiger partial charge in [0.25, 0.3) is 10.0 Å². The number of thiophene rings is 1. The molecule has 0 saturated carbocycles. The largest absolute Gasteiger partial charge is 0.383 e. The summed E-state index contributed by atoms with van der Waals surface area (Å²) < 4.78 is 31.9. The summed E-state index contributed by atoms with van der Waals surface area (Å²) in [5.41, 5.74) is -0.234. The number of methoxy groups -OCH3 is 1. The van der Waals surface area contributed by atoms with Crippen LogP contribution in [0.3, 0.4) is 0 Å². The number of sulfonamides is 1. The van der Waals surface area contributed by atoms with Crippen LogP contribution in [0.4, 0.5) is 10.7 Å². The number of hydrogen-bond acceptors (Lipinski definition) is 7. The predicted molar refractivity (Wildman–Crippen MR) is 81.4 cm³/mol. The Hall–Kier alpha value is -1.23. The number of rotatable bonds is 9. The molecule has 0 radical (unpaired) electrons. The van der Waals surface area contributed by atoms with Crippen molar-refractivity contribution >= 4 is 32.0 Å². The molecule has 21 heavy (non-hydrogen) atoms. The molecule has 120 valence electrons. The van der Waals surface area contributed by atoms with E-state index in [0.29, 0.717) is 13.0 Å². The summed E-state index contributed by atoms with van der Waals surface area (Å²) in [6.07, 6.45) is 0.556. The minimum atomic E-state index is -3.80. The van der Waals surface area contributed by atoms with Gasteiger partial charge >= 0.3 is 5.69 Å². The van der Waals surface area contributed by atoms with Crippen molar-refractivity contribution in [1.82, 2.24) is 4.72 Å². The van der Waals surface area contributed by atoms with Crippen molar-refractivity contribution in [3.8, 4) is 0 Å². The molecule has 10 heteroatoms. The van der Waals surface area contributed by atoms with Gasteiger partial charge in [-0.15, -0.1) is 0 Å². The molecular formula is C11H19N3O5S2. The Morgan fingerprint density at radius 2 is 2.14 bits per heavy atom. The van der Waals surface area contributed by atoms with Crippen LogP contribution >= 0.6 is 11.3 Å². The van der Waals surface area contributed by atoms with Gasteiger partial charge < -0.3 is 10.1 Å². The van der Waals surface area contributed by atoms with E-state index in [-0.39, 0.29) is 27.5 Å². The zero-order valence-corrected chi connectivity index (χ0v) is 13.7. The summed E-state index contributed by atoms with van der Waals surface area (Å²) in [6.45, 7) is 4.31. The molecular weight excluding hydrogens is 318 g/mol. The second-order valence-corrected chi connectivity index (χ2v) is 7.24. The minimum Gasteiger partial charge on any atom is -0.383 e. The molecule has 2 N–H and O–H groups in total. The smallest absolute Gasteiger partial charge is 0.304 e. The van der Waals surface area contributed by atoms with Gasteiger partial charge in [-0.25, -0.2) is 13.1 Å². The topological polar surface area (TPSA) is 111 Å². The van der Waals surface area contributed by atoms with Crippen LogP contribution in [0.5, 0.6) is 0 Å². The van der Waals surface area contributed by atoms with Gasteiger partial charge in [-0.1, -0.05) is 18.3 Å². The van der Waals surface area contributed by atoms with E-state index in [1.165, 1.54) is 7.11 Å². The highest BCUT2D eigenvalue weighted by atomic mass is 32.2. The third-order valence-electron chi connectivity index (χ3n) is 2.67. The minimum absolute atomic E-state index is 0.0836. The lowest BCUT2D eigenvalue weighted by Crippen LogP contribution is -2.37. The maximum atomic E-state index is 12.3. The highest BCUT2D eigenvalue weighted by molar-refractivity contribution is 7.91. The van der Waals surface area contributed by atoms with Crippen LogP contribution in [-0.2, 0) is 14.8 Å². The van der Waals surface area contributed by atoms with Crippen molar-refractivity contribution < 1.29 is 18.1 Å². The summed E-state index contributed by atoms with van der Waals surface area (Å²) in [6, 6.07) is 0.702. The highest BCUT2D eigenvalue weighted by Gasteiger charge is 2.27. The van der Waals surface area contributed by atoms with Crippen LogP contribution in [0.25, 0.3) is 0 Å². The van der Waals surface area contributed by atoms with Crippen molar-refractivity contribution in [2.75, 3.05) is 25.6 Å². The Labute approximate surface area is 127 Å². The van der Waals surface area contributed by atoms with E-state index >= 15 is 0 Å². The summed E-state index contributed by atoms with van der Waals surface area (Å²) in [5.74, 6) is 0. The number of ether oxygens (including phenoxy) is 1. The van der Waals surface area contributed by atoms with Crippen molar-refractivity contribution in [2.24, 2.45) is 0 Å². The van der Waals surface area contributed by atoms with Gasteiger partial charge in [0.05, 0.1) is 11.5 Å². The quantitative estimate of drug-likeness (QED) is 0.525. The van der Waals surface area contributed by atoms with E-state index in [1.807, 2.05) is 6.92 Å². The molecule has 1 aromatic rings. The van der Waals surface area contributed by atoms with E-state index in [9.17, 15) is 18.5 Å². The van der Waals surface area contributed by atoms with Crippen LogP contribution in [0.1, 0.15) is 20.3 Å². The van der Waals surface area contributed by atoms with Crippen molar-refractivity contribution in [3.05, 3.63) is 16.2 Å². The van der Waals surface area contributed by atoms with Crippen molar-refractivity contribution in [1.29, 1.82) is 0 Å². The number of nitrogens with zero attached hydrogens (tertiary/aromatic N) is 1. The van der Waals surface area contributed by atoms with Gasteiger partial charge in [0.1, 0.15) is 4.21 Å². The van der Waals surface area contributed by atoms with Gasteiger partial charge in [-0.05, 0) is 13.3 Å². The third kappa shape index (κ3) is 4.63. The second kappa shape index (κ2) is 7.69. The molecule has 1 aromatic heterocycles. The molecule has 0 spiro atoms. The molecule has 0 aromatic carbocycles. The van der Waals surface area contributed by atoms with E-state index in [1.54, 1.807) is 6.92 Å². The second-order valence-electron chi connectivity index (χ2n) is 4.25. The number of hydrogen-bond donors (Lipinski definition) is 2. The lowest BCUT2D eigenvalue weighted by atomic mass is 10.3. The van der Waals surface area contributed by atoms with E-state index in [2.05, 4.69) is 10.0 Å². The SMILES string of the molecule is CCNc1sc(S(=O)(=O)NC(CC)COC)cc1[N+](=O)[O-].